The van der Waals surface area contributed by atoms with Gasteiger partial charge in [-0.1, -0.05) is 112 Å². The summed E-state index contributed by atoms with van der Waals surface area (Å²) in [5, 5.41) is 13.0. The van der Waals surface area contributed by atoms with Crippen LogP contribution in [0.5, 0.6) is 5.75 Å². The summed E-state index contributed by atoms with van der Waals surface area (Å²) >= 11 is 0. The Bertz CT molecular complexity index is 2180. The maximum Gasteiger partial charge on any atom is 0.229 e. The van der Waals surface area contributed by atoms with Crippen molar-refractivity contribution < 1.29 is 9.52 Å². The molecule has 0 amide bonds. The zero-order valence-corrected chi connectivity index (χ0v) is 25.0. The van der Waals surface area contributed by atoms with Crippen molar-refractivity contribution in [2.75, 3.05) is 0 Å². The highest BCUT2D eigenvalue weighted by molar-refractivity contribution is 5.99. The van der Waals surface area contributed by atoms with Gasteiger partial charge < -0.3 is 9.52 Å². The fourth-order valence-corrected chi connectivity index (χ4v) is 5.66. The normalized spacial score (nSPS) is 12.0. The molecule has 1 heterocycles. The second-order valence-electron chi connectivity index (χ2n) is 12.1. The third kappa shape index (κ3) is 5.16. The van der Waals surface area contributed by atoms with Crippen molar-refractivity contribution in [1.29, 1.82) is 0 Å². The third-order valence-electron chi connectivity index (χ3n) is 8.06. The van der Waals surface area contributed by atoms with E-state index in [1.54, 1.807) is 12.3 Å². The first-order valence-corrected chi connectivity index (χ1v) is 14.8. The van der Waals surface area contributed by atoms with Gasteiger partial charge >= 0.3 is 0 Å². The van der Waals surface area contributed by atoms with Gasteiger partial charge in [-0.25, -0.2) is 4.98 Å². The minimum atomic E-state index is -0.0432. The molecule has 4 heteroatoms. The van der Waals surface area contributed by atoms with Crippen LogP contribution in [0.1, 0.15) is 31.9 Å². The van der Waals surface area contributed by atoms with Gasteiger partial charge in [-0.2, -0.15) is 0 Å². The van der Waals surface area contributed by atoms with Crippen LogP contribution in [0.25, 0.3) is 55.6 Å². The number of aliphatic imine (C=N–C) groups is 1. The summed E-state index contributed by atoms with van der Waals surface area (Å²) in [7, 11) is 0. The molecule has 6 aromatic carbocycles. The van der Waals surface area contributed by atoms with E-state index in [0.29, 0.717) is 22.7 Å². The molecule has 0 aliphatic heterocycles. The lowest BCUT2D eigenvalue weighted by molar-refractivity contribution is 0.473. The van der Waals surface area contributed by atoms with Gasteiger partial charge in [0, 0.05) is 17.3 Å². The number of phenols is 1. The van der Waals surface area contributed by atoms with Crippen LogP contribution in [0.3, 0.4) is 0 Å². The van der Waals surface area contributed by atoms with Gasteiger partial charge in [0.05, 0.1) is 11.3 Å². The summed E-state index contributed by atoms with van der Waals surface area (Å²) in [5.74, 6) is 0.689. The lowest BCUT2D eigenvalue weighted by Gasteiger charge is -2.19. The lowest BCUT2D eigenvalue weighted by Crippen LogP contribution is -2.11. The summed E-state index contributed by atoms with van der Waals surface area (Å²) in [4.78, 5) is 9.77. The second kappa shape index (κ2) is 11.0. The number of fused-ring (bicyclic) bond motifs is 2. The van der Waals surface area contributed by atoms with E-state index in [0.717, 1.165) is 33.3 Å². The molecule has 0 atom stereocenters. The summed E-state index contributed by atoms with van der Waals surface area (Å²) in [6, 6.07) is 43.0. The zero-order valence-electron chi connectivity index (χ0n) is 25.0. The number of oxazole rings is 1. The molecule has 0 fully saturated rings. The minimum absolute atomic E-state index is 0.0432. The first-order valence-electron chi connectivity index (χ1n) is 14.8. The number of hydrogen-bond acceptors (Lipinski definition) is 4. The molecule has 0 aliphatic rings. The average Bonchev–Trinajstić information content (AvgIpc) is 3.48. The second-order valence-corrected chi connectivity index (χ2v) is 12.1. The number of aromatic hydroxyl groups is 1. The van der Waals surface area contributed by atoms with Crippen molar-refractivity contribution in [1.82, 2.24) is 4.98 Å². The topological polar surface area (TPSA) is 58.6 Å². The highest BCUT2D eigenvalue weighted by Crippen LogP contribution is 2.37. The van der Waals surface area contributed by atoms with Crippen LogP contribution in [0.4, 0.5) is 5.69 Å². The maximum absolute atomic E-state index is 10.5. The van der Waals surface area contributed by atoms with Gasteiger partial charge in [-0.05, 0) is 74.8 Å². The number of phenolic OH excluding ortho intramolecular Hbond substituents is 1. The van der Waals surface area contributed by atoms with Crippen LogP contribution in [-0.2, 0) is 5.41 Å². The highest BCUT2D eigenvalue weighted by Gasteiger charge is 2.17. The molecule has 0 radical (unpaired) electrons. The Labute approximate surface area is 257 Å². The summed E-state index contributed by atoms with van der Waals surface area (Å²) in [6.45, 7) is 6.45. The Morgan fingerprint density at radius 2 is 1.36 bits per heavy atom. The number of nitrogens with zero attached hydrogens (tertiary/aromatic N) is 2. The van der Waals surface area contributed by atoms with Crippen molar-refractivity contribution >= 4 is 33.8 Å². The molecule has 1 N–H and O–H groups in total. The molecule has 7 aromatic rings. The van der Waals surface area contributed by atoms with Crippen molar-refractivity contribution in [2.24, 2.45) is 4.99 Å². The molecule has 7 rings (SSSR count). The molecule has 214 valence electrons. The van der Waals surface area contributed by atoms with E-state index in [1.807, 2.05) is 48.5 Å². The van der Waals surface area contributed by atoms with E-state index in [4.69, 9.17) is 14.4 Å². The van der Waals surface area contributed by atoms with Crippen LogP contribution >= 0.6 is 0 Å². The average molecular weight is 573 g/mol. The van der Waals surface area contributed by atoms with Gasteiger partial charge in [0.25, 0.3) is 0 Å². The quantitative estimate of drug-likeness (QED) is 0.209. The lowest BCUT2D eigenvalue weighted by atomic mass is 9.86. The predicted molar refractivity (Wildman–Crippen MR) is 182 cm³/mol. The Morgan fingerprint density at radius 3 is 2.23 bits per heavy atom. The van der Waals surface area contributed by atoms with Gasteiger partial charge in [0.15, 0.2) is 5.58 Å². The molecule has 0 saturated carbocycles. The largest absolute Gasteiger partial charge is 0.507 e. The molecule has 0 aliphatic carbocycles. The Balaban J connectivity index is 1.28. The van der Waals surface area contributed by atoms with Crippen molar-refractivity contribution in [2.45, 2.75) is 26.2 Å². The van der Waals surface area contributed by atoms with Gasteiger partial charge in [0.2, 0.25) is 5.89 Å². The molecule has 1 aromatic heterocycles. The van der Waals surface area contributed by atoms with Crippen LogP contribution < -0.4 is 0 Å². The van der Waals surface area contributed by atoms with Crippen LogP contribution in [0, 0.1) is 0 Å². The van der Waals surface area contributed by atoms with Crippen molar-refractivity contribution in [3.8, 4) is 39.5 Å². The van der Waals surface area contributed by atoms with E-state index >= 15 is 0 Å². The summed E-state index contributed by atoms with van der Waals surface area (Å²) < 4.78 is 6.33. The molecule has 44 heavy (non-hydrogen) atoms. The molecular weight excluding hydrogens is 540 g/mol. The smallest absolute Gasteiger partial charge is 0.229 e. The Morgan fingerprint density at radius 1 is 0.682 bits per heavy atom. The van der Waals surface area contributed by atoms with E-state index in [2.05, 4.69) is 93.6 Å². The molecule has 0 bridgehead atoms. The van der Waals surface area contributed by atoms with Gasteiger partial charge in [-0.15, -0.1) is 0 Å². The molecule has 4 nitrogen and oxygen atoms in total. The number of para-hydroxylation sites is 2. The fourth-order valence-electron chi connectivity index (χ4n) is 5.66. The van der Waals surface area contributed by atoms with E-state index in [-0.39, 0.29) is 11.2 Å². The Kier molecular flexibility index (Phi) is 6.83. The summed E-state index contributed by atoms with van der Waals surface area (Å²) in [6.07, 6.45) is 1.70. The first-order chi connectivity index (χ1) is 21.3. The fraction of sp³-hybridized carbons (Fsp3) is 0.100. The van der Waals surface area contributed by atoms with E-state index in [9.17, 15) is 5.11 Å². The predicted octanol–water partition coefficient (Wildman–Crippen LogP) is 10.7. The first kappa shape index (κ1) is 27.4. The van der Waals surface area contributed by atoms with Gasteiger partial charge in [-0.3, -0.25) is 4.99 Å². The molecular formula is C40H32N2O2. The number of aromatic nitrogens is 1. The van der Waals surface area contributed by atoms with Crippen LogP contribution in [-0.4, -0.2) is 16.3 Å². The van der Waals surface area contributed by atoms with E-state index in [1.165, 1.54) is 16.3 Å². The van der Waals surface area contributed by atoms with Crippen LogP contribution in [0.2, 0.25) is 0 Å². The Hall–Kier alpha value is -5.48. The minimum Gasteiger partial charge on any atom is -0.507 e. The SMILES string of the molecule is CC(C)(C)c1ccc(O)c(C=Nc2ccccc2-c2nc3c(-c4cccc(-c5cccc6ccccc56)c4)cccc3o2)c1. The number of rotatable bonds is 5. The van der Waals surface area contributed by atoms with Crippen molar-refractivity contribution in [3.05, 3.63) is 139 Å². The maximum atomic E-state index is 10.5. The standard InChI is InChI=1S/C40H32N2O2/c1-40(2,3)30-21-22-36(43)29(24-30)25-41-35-19-7-6-16-34(35)39-42-38-33(18-10-20-37(38)44-39)28-14-8-13-27(23-28)32-17-9-12-26-11-4-5-15-31(26)32/h4-25,43H,1-3H3. The van der Waals surface area contributed by atoms with Crippen LogP contribution in [0.15, 0.2) is 137 Å². The van der Waals surface area contributed by atoms with Crippen molar-refractivity contribution in [3.63, 3.8) is 0 Å². The van der Waals surface area contributed by atoms with E-state index < -0.39 is 0 Å². The number of benzene rings is 6. The molecule has 0 unspecified atom stereocenters. The number of hydrogen-bond donors (Lipinski definition) is 1. The molecule has 0 spiro atoms. The summed E-state index contributed by atoms with van der Waals surface area (Å²) in [5.41, 5.74) is 9.17. The zero-order chi connectivity index (χ0) is 30.3. The van der Waals surface area contributed by atoms with Gasteiger partial charge in [0.1, 0.15) is 11.3 Å². The highest BCUT2D eigenvalue weighted by atomic mass is 16.3. The third-order valence-corrected chi connectivity index (χ3v) is 8.06. The molecule has 0 saturated heterocycles. The monoisotopic (exact) mass is 572 g/mol.